The largest absolute Gasteiger partial charge is 0.488 e. The molecule has 1 aromatic carbocycles. The summed E-state index contributed by atoms with van der Waals surface area (Å²) >= 11 is 1.89. The topological polar surface area (TPSA) is 30.8 Å². The molecule has 1 aromatic rings. The minimum Gasteiger partial charge on any atom is -0.488 e. The summed E-state index contributed by atoms with van der Waals surface area (Å²) in [4.78, 5) is 6.24. The molecule has 3 nitrogen and oxygen atoms in total. The maximum absolute atomic E-state index is 5.63. The quantitative estimate of drug-likeness (QED) is 0.403. The molecular formula is C15H23NO2S. The van der Waals surface area contributed by atoms with Gasteiger partial charge in [-0.25, -0.2) is 0 Å². The molecule has 0 aliphatic rings. The lowest BCUT2D eigenvalue weighted by atomic mass is 10.3. The summed E-state index contributed by atoms with van der Waals surface area (Å²) < 4.78 is 5.63. The lowest BCUT2D eigenvalue weighted by Gasteiger charge is -2.09. The average molecular weight is 281 g/mol. The minimum absolute atomic E-state index is 0.456. The smallest absolute Gasteiger partial charge is 0.129 e. The van der Waals surface area contributed by atoms with Crippen molar-refractivity contribution >= 4 is 17.5 Å². The molecule has 19 heavy (non-hydrogen) atoms. The van der Waals surface area contributed by atoms with Crippen LogP contribution in [-0.4, -0.2) is 24.2 Å². The molecule has 0 saturated heterocycles. The fourth-order valence-corrected chi connectivity index (χ4v) is 2.24. The van der Waals surface area contributed by atoms with Crippen LogP contribution >= 0.6 is 11.8 Å². The van der Waals surface area contributed by atoms with E-state index in [4.69, 9.17) is 9.57 Å². The van der Waals surface area contributed by atoms with Gasteiger partial charge in [-0.2, -0.15) is 0 Å². The van der Waals surface area contributed by atoms with E-state index in [1.807, 2.05) is 37.7 Å². The maximum Gasteiger partial charge on any atom is 0.129 e. The SMILES string of the molecule is CCON=C(C)COc1ccc(SC(C)CC)cc1. The van der Waals surface area contributed by atoms with Gasteiger partial charge in [0.05, 0.1) is 5.71 Å². The van der Waals surface area contributed by atoms with Crippen molar-refractivity contribution in [2.75, 3.05) is 13.2 Å². The molecule has 0 bridgehead atoms. The Labute approximate surface area is 120 Å². The van der Waals surface area contributed by atoms with Gasteiger partial charge >= 0.3 is 0 Å². The van der Waals surface area contributed by atoms with E-state index < -0.39 is 0 Å². The summed E-state index contributed by atoms with van der Waals surface area (Å²) in [5, 5.41) is 4.56. The zero-order chi connectivity index (χ0) is 14.1. The highest BCUT2D eigenvalue weighted by Crippen LogP contribution is 2.26. The Balaban J connectivity index is 2.44. The molecule has 1 rings (SSSR count). The Hall–Kier alpha value is -1.16. The van der Waals surface area contributed by atoms with Gasteiger partial charge in [-0.15, -0.1) is 11.8 Å². The minimum atomic E-state index is 0.456. The standard InChI is InChI=1S/C15H23NO2S/c1-5-13(4)19-15-9-7-14(8-10-15)17-11-12(3)16-18-6-2/h7-10,13H,5-6,11H2,1-4H3. The molecule has 0 amide bonds. The summed E-state index contributed by atoms with van der Waals surface area (Å²) in [5.74, 6) is 0.861. The number of nitrogens with zero attached hydrogens (tertiary/aromatic N) is 1. The van der Waals surface area contributed by atoms with E-state index in [0.717, 1.165) is 11.5 Å². The van der Waals surface area contributed by atoms with Crippen LogP contribution < -0.4 is 4.74 Å². The summed E-state index contributed by atoms with van der Waals surface area (Å²) in [6.45, 7) is 9.28. The lowest BCUT2D eigenvalue weighted by Crippen LogP contribution is -2.08. The molecule has 4 heteroatoms. The van der Waals surface area contributed by atoms with Gasteiger partial charge in [-0.05, 0) is 44.5 Å². The molecule has 0 saturated carbocycles. The first-order valence-electron chi connectivity index (χ1n) is 6.70. The van der Waals surface area contributed by atoms with Crippen LogP contribution in [0.15, 0.2) is 34.3 Å². The van der Waals surface area contributed by atoms with E-state index in [2.05, 4.69) is 31.1 Å². The van der Waals surface area contributed by atoms with Crippen LogP contribution in [0.4, 0.5) is 0 Å². The van der Waals surface area contributed by atoms with Crippen molar-refractivity contribution < 1.29 is 9.57 Å². The molecule has 0 aromatic heterocycles. The molecular weight excluding hydrogens is 258 g/mol. The maximum atomic E-state index is 5.63. The van der Waals surface area contributed by atoms with Crippen molar-refractivity contribution in [3.8, 4) is 5.75 Å². The number of hydrogen-bond acceptors (Lipinski definition) is 4. The fourth-order valence-electron chi connectivity index (χ4n) is 1.32. The van der Waals surface area contributed by atoms with Gasteiger partial charge < -0.3 is 9.57 Å². The Morgan fingerprint density at radius 1 is 1.26 bits per heavy atom. The van der Waals surface area contributed by atoms with Gasteiger partial charge in [0.2, 0.25) is 0 Å². The van der Waals surface area contributed by atoms with Crippen molar-refractivity contribution in [2.24, 2.45) is 5.16 Å². The average Bonchev–Trinajstić information content (AvgIpc) is 2.44. The van der Waals surface area contributed by atoms with Crippen molar-refractivity contribution in [3.05, 3.63) is 24.3 Å². The zero-order valence-electron chi connectivity index (χ0n) is 12.2. The first-order chi connectivity index (χ1) is 9.15. The Morgan fingerprint density at radius 2 is 1.95 bits per heavy atom. The predicted molar refractivity (Wildman–Crippen MR) is 82.3 cm³/mol. The molecule has 0 spiro atoms. The number of hydrogen-bond donors (Lipinski definition) is 0. The molecule has 0 heterocycles. The Bertz CT molecular complexity index is 390. The molecule has 0 N–H and O–H groups in total. The van der Waals surface area contributed by atoms with Crippen molar-refractivity contribution in [3.63, 3.8) is 0 Å². The second kappa shape index (κ2) is 8.86. The highest BCUT2D eigenvalue weighted by atomic mass is 32.2. The Kier molecular flexibility index (Phi) is 7.41. The van der Waals surface area contributed by atoms with Gasteiger partial charge in [-0.1, -0.05) is 19.0 Å². The van der Waals surface area contributed by atoms with Gasteiger partial charge in [0.15, 0.2) is 0 Å². The highest BCUT2D eigenvalue weighted by molar-refractivity contribution is 7.99. The number of rotatable bonds is 8. The van der Waals surface area contributed by atoms with Crippen molar-refractivity contribution in [2.45, 2.75) is 44.3 Å². The van der Waals surface area contributed by atoms with Crippen LogP contribution in [0.1, 0.15) is 34.1 Å². The van der Waals surface area contributed by atoms with E-state index in [-0.39, 0.29) is 0 Å². The molecule has 1 atom stereocenters. The fraction of sp³-hybridized carbons (Fsp3) is 0.533. The van der Waals surface area contributed by atoms with Crippen molar-refractivity contribution in [1.29, 1.82) is 0 Å². The second-order valence-corrected chi connectivity index (χ2v) is 5.85. The third-order valence-electron chi connectivity index (χ3n) is 2.53. The summed E-state index contributed by atoms with van der Waals surface area (Å²) in [5.41, 5.74) is 0.833. The number of thioether (sulfide) groups is 1. The second-order valence-electron chi connectivity index (χ2n) is 4.34. The highest BCUT2D eigenvalue weighted by Gasteiger charge is 2.02. The number of ether oxygens (including phenoxy) is 1. The summed E-state index contributed by atoms with van der Waals surface area (Å²) in [6, 6.07) is 8.19. The predicted octanol–water partition coefficient (Wildman–Crippen LogP) is 4.37. The number of benzene rings is 1. The molecule has 0 radical (unpaired) electrons. The van der Waals surface area contributed by atoms with Crippen LogP contribution in [-0.2, 0) is 4.84 Å². The third kappa shape index (κ3) is 6.53. The molecule has 1 unspecified atom stereocenters. The van der Waals surface area contributed by atoms with Crippen LogP contribution in [0.5, 0.6) is 5.75 Å². The molecule has 0 aliphatic carbocycles. The van der Waals surface area contributed by atoms with Gasteiger partial charge in [0, 0.05) is 10.1 Å². The summed E-state index contributed by atoms with van der Waals surface area (Å²) in [6.07, 6.45) is 1.18. The monoisotopic (exact) mass is 281 g/mol. The van der Waals surface area contributed by atoms with E-state index in [0.29, 0.717) is 18.5 Å². The van der Waals surface area contributed by atoms with Crippen LogP contribution in [0.2, 0.25) is 0 Å². The van der Waals surface area contributed by atoms with Gasteiger partial charge in [0.25, 0.3) is 0 Å². The Morgan fingerprint density at radius 3 is 2.53 bits per heavy atom. The van der Waals surface area contributed by atoms with Crippen LogP contribution in [0.3, 0.4) is 0 Å². The van der Waals surface area contributed by atoms with E-state index in [1.54, 1.807) is 0 Å². The van der Waals surface area contributed by atoms with E-state index in [1.165, 1.54) is 11.3 Å². The first-order valence-corrected chi connectivity index (χ1v) is 7.58. The molecule has 106 valence electrons. The van der Waals surface area contributed by atoms with Crippen LogP contribution in [0, 0.1) is 0 Å². The van der Waals surface area contributed by atoms with E-state index >= 15 is 0 Å². The van der Waals surface area contributed by atoms with Crippen LogP contribution in [0.25, 0.3) is 0 Å². The van der Waals surface area contributed by atoms with Crippen molar-refractivity contribution in [1.82, 2.24) is 0 Å². The third-order valence-corrected chi connectivity index (χ3v) is 3.81. The summed E-state index contributed by atoms with van der Waals surface area (Å²) in [7, 11) is 0. The van der Waals surface area contributed by atoms with Gasteiger partial charge in [-0.3, -0.25) is 0 Å². The van der Waals surface area contributed by atoms with Gasteiger partial charge in [0.1, 0.15) is 19.0 Å². The normalized spacial score (nSPS) is 13.2. The molecule has 0 fully saturated rings. The first kappa shape index (κ1) is 15.9. The molecule has 0 aliphatic heterocycles. The van der Waals surface area contributed by atoms with E-state index in [9.17, 15) is 0 Å². The zero-order valence-corrected chi connectivity index (χ0v) is 13.0. The number of oxime groups is 1. The lowest BCUT2D eigenvalue weighted by molar-refractivity contribution is 0.156.